The molecule has 0 saturated carbocycles. The lowest BCUT2D eigenvalue weighted by Crippen LogP contribution is -2.33. The molecule has 5 nitrogen and oxygen atoms in total. The van der Waals surface area contributed by atoms with Gasteiger partial charge in [-0.15, -0.1) is 17.9 Å². The van der Waals surface area contributed by atoms with Gasteiger partial charge >= 0.3 is 0 Å². The van der Waals surface area contributed by atoms with Crippen LogP contribution in [0.5, 0.6) is 0 Å². The topological polar surface area (TPSA) is 69.2 Å². The van der Waals surface area contributed by atoms with Gasteiger partial charge in [-0.2, -0.15) is 0 Å². The molecular weight excluding hydrogens is 442 g/mol. The third kappa shape index (κ3) is 5.70. The molecule has 0 aliphatic heterocycles. The third-order valence-corrected chi connectivity index (χ3v) is 6.84. The van der Waals surface area contributed by atoms with Crippen molar-refractivity contribution in [3.05, 3.63) is 99.4 Å². The molecule has 4 aromatic rings. The van der Waals surface area contributed by atoms with Crippen LogP contribution in [-0.2, 0) is 13.1 Å². The van der Waals surface area contributed by atoms with Crippen LogP contribution in [0.3, 0.4) is 0 Å². The number of thiophene rings is 1. The van der Waals surface area contributed by atoms with Crippen molar-refractivity contribution in [3.8, 4) is 11.1 Å². The summed E-state index contributed by atoms with van der Waals surface area (Å²) in [5.74, 6) is 0.610. The Bertz CT molecular complexity index is 1330. The maximum atomic E-state index is 13.2. The van der Waals surface area contributed by atoms with Crippen LogP contribution in [0, 0.1) is 13.8 Å². The lowest BCUT2D eigenvalue weighted by atomic mass is 9.99. The van der Waals surface area contributed by atoms with Gasteiger partial charge in [0.25, 0.3) is 5.56 Å². The van der Waals surface area contributed by atoms with Crippen LogP contribution in [0.4, 0.5) is 0 Å². The number of allylic oxidation sites excluding steroid dienone is 1. The monoisotopic (exact) mass is 473 g/mol. The Morgan fingerprint density at radius 1 is 1.15 bits per heavy atom. The molecule has 0 spiro atoms. The summed E-state index contributed by atoms with van der Waals surface area (Å²) in [7, 11) is 0. The van der Waals surface area contributed by atoms with Crippen LogP contribution in [0.25, 0.3) is 21.3 Å². The summed E-state index contributed by atoms with van der Waals surface area (Å²) in [6.45, 7) is 9.46. The molecule has 2 N–H and O–H groups in total. The maximum absolute atomic E-state index is 13.2. The quantitative estimate of drug-likeness (QED) is 0.294. The van der Waals surface area contributed by atoms with Crippen molar-refractivity contribution in [2.24, 2.45) is 0 Å². The second-order valence-electron chi connectivity index (χ2n) is 8.84. The Balaban J connectivity index is 1.63. The van der Waals surface area contributed by atoms with Crippen LogP contribution in [0.15, 0.2) is 71.4 Å². The highest BCUT2D eigenvalue weighted by molar-refractivity contribution is 7.17. The summed E-state index contributed by atoms with van der Waals surface area (Å²) in [6.07, 6.45) is 2.76. The van der Waals surface area contributed by atoms with Crippen LogP contribution in [0.2, 0.25) is 0 Å². The van der Waals surface area contributed by atoms with Crippen molar-refractivity contribution < 1.29 is 5.11 Å². The number of nitrogens with zero attached hydrogens (tertiary/aromatic N) is 2. The van der Waals surface area contributed by atoms with Crippen LogP contribution in [0.1, 0.15) is 35.4 Å². The summed E-state index contributed by atoms with van der Waals surface area (Å²) in [5, 5.41) is 13.2. The van der Waals surface area contributed by atoms with Crippen molar-refractivity contribution >= 4 is 21.6 Å². The fourth-order valence-corrected chi connectivity index (χ4v) is 5.19. The second kappa shape index (κ2) is 10.9. The minimum Gasteiger partial charge on any atom is -0.392 e. The molecule has 34 heavy (non-hydrogen) atoms. The summed E-state index contributed by atoms with van der Waals surface area (Å²) in [5.41, 5.74) is 5.33. The highest BCUT2D eigenvalue weighted by Crippen LogP contribution is 2.33. The number of aliphatic hydroxyl groups excluding tert-OH is 1. The molecule has 0 fully saturated rings. The number of aliphatic hydroxyl groups is 1. The van der Waals surface area contributed by atoms with Crippen LogP contribution >= 0.6 is 11.3 Å². The molecule has 0 saturated heterocycles. The first kappa shape index (κ1) is 24.1. The molecule has 2 aromatic heterocycles. The van der Waals surface area contributed by atoms with Gasteiger partial charge in [-0.1, -0.05) is 60.2 Å². The summed E-state index contributed by atoms with van der Waals surface area (Å²) >= 11 is 1.50. The van der Waals surface area contributed by atoms with Gasteiger partial charge in [0, 0.05) is 24.0 Å². The minimum atomic E-state index is -0.477. The summed E-state index contributed by atoms with van der Waals surface area (Å²) < 4.78 is 0. The van der Waals surface area contributed by atoms with Gasteiger partial charge in [-0.25, -0.2) is 4.98 Å². The van der Waals surface area contributed by atoms with Crippen molar-refractivity contribution in [1.82, 2.24) is 14.9 Å². The van der Waals surface area contributed by atoms with Crippen molar-refractivity contribution in [2.75, 3.05) is 6.54 Å². The molecule has 0 amide bonds. The largest absolute Gasteiger partial charge is 0.392 e. The van der Waals surface area contributed by atoms with E-state index in [1.54, 1.807) is 0 Å². The molecule has 1 unspecified atom stereocenters. The van der Waals surface area contributed by atoms with Crippen molar-refractivity contribution in [1.29, 1.82) is 0 Å². The van der Waals surface area contributed by atoms with Gasteiger partial charge in [0.05, 0.1) is 18.0 Å². The Morgan fingerprint density at radius 2 is 1.94 bits per heavy atom. The molecule has 6 heteroatoms. The van der Waals surface area contributed by atoms with Crippen LogP contribution in [-0.4, -0.2) is 32.6 Å². The van der Waals surface area contributed by atoms with Gasteiger partial charge in [-0.3, -0.25) is 9.69 Å². The Morgan fingerprint density at radius 3 is 2.71 bits per heavy atom. The first-order valence-electron chi connectivity index (χ1n) is 11.6. The Hall–Kier alpha value is -3.06. The SMILES string of the molecule is C=CCCC(O)CN(Cc1ccccc1)Cc1nc2scc(-c3cc(C)ccc3C)c2c(=O)[nH]1. The first-order valence-corrected chi connectivity index (χ1v) is 12.5. The van der Waals surface area contributed by atoms with Gasteiger partial charge in [0.15, 0.2) is 0 Å². The Kier molecular flexibility index (Phi) is 7.73. The minimum absolute atomic E-state index is 0.121. The van der Waals surface area contributed by atoms with Gasteiger partial charge in [0.2, 0.25) is 0 Å². The predicted molar refractivity (Wildman–Crippen MR) is 141 cm³/mol. The smallest absolute Gasteiger partial charge is 0.260 e. The average Bonchev–Trinajstić information content (AvgIpc) is 3.24. The van der Waals surface area contributed by atoms with E-state index in [1.165, 1.54) is 11.3 Å². The number of hydrogen-bond donors (Lipinski definition) is 2. The zero-order valence-electron chi connectivity index (χ0n) is 19.8. The van der Waals surface area contributed by atoms with Crippen molar-refractivity contribution in [2.45, 2.75) is 45.9 Å². The molecule has 2 aromatic carbocycles. The maximum Gasteiger partial charge on any atom is 0.260 e. The van der Waals surface area contributed by atoms with Crippen molar-refractivity contribution in [3.63, 3.8) is 0 Å². The molecule has 4 rings (SSSR count). The van der Waals surface area contributed by atoms with E-state index in [9.17, 15) is 9.90 Å². The molecule has 0 aliphatic carbocycles. The second-order valence-corrected chi connectivity index (χ2v) is 9.69. The average molecular weight is 474 g/mol. The normalized spacial score (nSPS) is 12.4. The summed E-state index contributed by atoms with van der Waals surface area (Å²) in [6, 6.07) is 16.4. The number of aromatic amines is 1. The zero-order chi connectivity index (χ0) is 24.1. The molecule has 2 heterocycles. The van der Waals surface area contributed by atoms with Gasteiger partial charge in [0.1, 0.15) is 10.7 Å². The number of nitrogens with one attached hydrogen (secondary N) is 1. The number of rotatable bonds is 10. The standard InChI is InChI=1S/C28H31N3O2S/c1-4-5-11-22(32)16-31(15-21-9-7-6-8-10-21)17-25-29-27(33)26-24(18-34-28(26)30-25)23-14-19(2)12-13-20(23)3/h4,6-10,12-14,18,22,32H,1,5,11,15-17H2,2-3H3,(H,29,30,33). The molecule has 0 radical (unpaired) electrons. The number of benzene rings is 2. The number of hydrogen-bond acceptors (Lipinski definition) is 5. The van der Waals surface area contributed by atoms with Crippen LogP contribution < -0.4 is 5.56 Å². The molecule has 0 bridgehead atoms. The number of fused-ring (bicyclic) bond motifs is 1. The molecule has 1 atom stereocenters. The molecule has 176 valence electrons. The molecular formula is C28H31N3O2S. The lowest BCUT2D eigenvalue weighted by Gasteiger charge is -2.24. The highest BCUT2D eigenvalue weighted by Gasteiger charge is 2.18. The van der Waals surface area contributed by atoms with E-state index in [-0.39, 0.29) is 5.56 Å². The van der Waals surface area contributed by atoms with E-state index in [2.05, 4.69) is 60.6 Å². The van der Waals surface area contributed by atoms with Gasteiger partial charge in [-0.05, 0) is 43.4 Å². The number of aryl methyl sites for hydroxylation is 2. The third-order valence-electron chi connectivity index (χ3n) is 5.97. The lowest BCUT2D eigenvalue weighted by molar-refractivity contribution is 0.0970. The fourth-order valence-electron chi connectivity index (χ4n) is 4.23. The van der Waals surface area contributed by atoms with E-state index in [4.69, 9.17) is 4.98 Å². The Labute approximate surface area is 204 Å². The van der Waals surface area contributed by atoms with E-state index >= 15 is 0 Å². The molecule has 0 aliphatic rings. The highest BCUT2D eigenvalue weighted by atomic mass is 32.1. The number of aromatic nitrogens is 2. The summed E-state index contributed by atoms with van der Waals surface area (Å²) in [4.78, 5) is 23.9. The van der Waals surface area contributed by atoms with E-state index in [0.717, 1.165) is 39.1 Å². The number of H-pyrrole nitrogens is 1. The van der Waals surface area contributed by atoms with E-state index in [0.29, 0.717) is 37.3 Å². The van der Waals surface area contributed by atoms with E-state index in [1.807, 2.05) is 29.7 Å². The van der Waals surface area contributed by atoms with E-state index < -0.39 is 6.10 Å². The fraction of sp³-hybridized carbons (Fsp3) is 0.286. The first-order chi connectivity index (χ1) is 16.4. The predicted octanol–water partition coefficient (Wildman–Crippen LogP) is 5.60. The zero-order valence-corrected chi connectivity index (χ0v) is 20.6. The van der Waals surface area contributed by atoms with Gasteiger partial charge < -0.3 is 10.1 Å².